The third kappa shape index (κ3) is 2.44. The fourth-order valence-corrected chi connectivity index (χ4v) is 1.80. The van der Waals surface area contributed by atoms with Gasteiger partial charge >= 0.3 is 0 Å². The van der Waals surface area contributed by atoms with Gasteiger partial charge in [-0.3, -0.25) is 0 Å². The lowest BCUT2D eigenvalue weighted by Crippen LogP contribution is -2.29. The van der Waals surface area contributed by atoms with E-state index < -0.39 is 6.29 Å². The van der Waals surface area contributed by atoms with Crippen LogP contribution in [0.15, 0.2) is 0 Å². The minimum Gasteiger partial charge on any atom is -0.381 e. The monoisotopic (exact) mass is 174 g/mol. The standard InChI is InChI=1S/C9H18O3/c1-11-8-5-3-7(4-6-8)9(10)12-2/h7-10H,3-6H2,1-2H3. The Labute approximate surface area is 73.7 Å². The van der Waals surface area contributed by atoms with Gasteiger partial charge in [-0.15, -0.1) is 0 Å². The summed E-state index contributed by atoms with van der Waals surface area (Å²) in [5, 5.41) is 9.38. The first-order chi connectivity index (χ1) is 5.77. The van der Waals surface area contributed by atoms with Crippen LogP contribution in [0.2, 0.25) is 0 Å². The molecule has 1 saturated carbocycles. The smallest absolute Gasteiger partial charge is 0.156 e. The number of hydrogen-bond acceptors (Lipinski definition) is 3. The van der Waals surface area contributed by atoms with Gasteiger partial charge in [-0.25, -0.2) is 0 Å². The Morgan fingerprint density at radius 1 is 1.17 bits per heavy atom. The van der Waals surface area contributed by atoms with Crippen molar-refractivity contribution in [2.75, 3.05) is 14.2 Å². The lowest BCUT2D eigenvalue weighted by atomic mass is 9.87. The summed E-state index contributed by atoms with van der Waals surface area (Å²) in [4.78, 5) is 0. The Balaban J connectivity index is 2.25. The van der Waals surface area contributed by atoms with Crippen molar-refractivity contribution >= 4 is 0 Å². The second-order valence-corrected chi connectivity index (χ2v) is 3.40. The average Bonchev–Trinajstić information content (AvgIpc) is 2.17. The molecule has 0 aromatic heterocycles. The molecule has 0 amide bonds. The molecule has 1 rings (SSSR count). The number of ether oxygens (including phenoxy) is 2. The van der Waals surface area contributed by atoms with E-state index in [2.05, 4.69) is 0 Å². The van der Waals surface area contributed by atoms with Crippen LogP contribution in [0.4, 0.5) is 0 Å². The van der Waals surface area contributed by atoms with Gasteiger partial charge in [0.25, 0.3) is 0 Å². The Kier molecular flexibility index (Phi) is 3.98. The Morgan fingerprint density at radius 2 is 1.75 bits per heavy atom. The van der Waals surface area contributed by atoms with Crippen molar-refractivity contribution in [1.82, 2.24) is 0 Å². The van der Waals surface area contributed by atoms with Gasteiger partial charge in [0, 0.05) is 20.1 Å². The summed E-state index contributed by atoms with van der Waals surface area (Å²) in [6, 6.07) is 0. The lowest BCUT2D eigenvalue weighted by molar-refractivity contribution is -0.127. The molecule has 1 atom stereocenters. The first-order valence-electron chi connectivity index (χ1n) is 4.51. The van der Waals surface area contributed by atoms with Crippen LogP contribution >= 0.6 is 0 Å². The molecular formula is C9H18O3. The molecule has 1 fully saturated rings. The molecule has 1 unspecified atom stereocenters. The molecule has 1 aliphatic carbocycles. The van der Waals surface area contributed by atoms with Gasteiger partial charge in [-0.1, -0.05) is 0 Å². The summed E-state index contributed by atoms with van der Waals surface area (Å²) < 4.78 is 10.1. The van der Waals surface area contributed by atoms with Gasteiger partial charge in [0.2, 0.25) is 0 Å². The van der Waals surface area contributed by atoms with Gasteiger partial charge in [0.15, 0.2) is 6.29 Å². The van der Waals surface area contributed by atoms with Crippen LogP contribution in [0.5, 0.6) is 0 Å². The molecule has 0 radical (unpaired) electrons. The van der Waals surface area contributed by atoms with Crippen molar-refractivity contribution in [2.45, 2.75) is 38.1 Å². The molecule has 0 aromatic rings. The average molecular weight is 174 g/mol. The largest absolute Gasteiger partial charge is 0.381 e. The van der Waals surface area contributed by atoms with Crippen molar-refractivity contribution in [3.8, 4) is 0 Å². The zero-order chi connectivity index (χ0) is 8.97. The molecule has 1 aliphatic rings. The van der Waals surface area contributed by atoms with Gasteiger partial charge in [0.05, 0.1) is 6.10 Å². The van der Waals surface area contributed by atoms with E-state index in [9.17, 15) is 5.11 Å². The van der Waals surface area contributed by atoms with E-state index in [0.29, 0.717) is 12.0 Å². The van der Waals surface area contributed by atoms with Crippen molar-refractivity contribution in [2.24, 2.45) is 5.92 Å². The van der Waals surface area contributed by atoms with Crippen molar-refractivity contribution in [3.05, 3.63) is 0 Å². The number of methoxy groups -OCH3 is 2. The Hall–Kier alpha value is -0.120. The maximum Gasteiger partial charge on any atom is 0.156 e. The van der Waals surface area contributed by atoms with Crippen LogP contribution < -0.4 is 0 Å². The molecule has 12 heavy (non-hydrogen) atoms. The predicted molar refractivity (Wildman–Crippen MR) is 45.8 cm³/mol. The van der Waals surface area contributed by atoms with Crippen molar-refractivity contribution in [3.63, 3.8) is 0 Å². The molecule has 0 aromatic carbocycles. The summed E-state index contributed by atoms with van der Waals surface area (Å²) in [6.45, 7) is 0. The van der Waals surface area contributed by atoms with Crippen molar-refractivity contribution < 1.29 is 14.6 Å². The van der Waals surface area contributed by atoms with Crippen LogP contribution in [0.1, 0.15) is 25.7 Å². The number of rotatable bonds is 3. The fourth-order valence-electron chi connectivity index (χ4n) is 1.80. The van der Waals surface area contributed by atoms with Gasteiger partial charge in [-0.05, 0) is 25.7 Å². The maximum atomic E-state index is 9.38. The van der Waals surface area contributed by atoms with Gasteiger partial charge < -0.3 is 14.6 Å². The van der Waals surface area contributed by atoms with Crippen LogP contribution in [0.25, 0.3) is 0 Å². The highest BCUT2D eigenvalue weighted by atomic mass is 16.6. The minimum atomic E-state index is -0.581. The maximum absolute atomic E-state index is 9.38. The second-order valence-electron chi connectivity index (χ2n) is 3.40. The zero-order valence-corrected chi connectivity index (χ0v) is 7.82. The number of aliphatic hydroxyl groups excluding tert-OH is 1. The lowest BCUT2D eigenvalue weighted by Gasteiger charge is -2.29. The van der Waals surface area contributed by atoms with E-state index in [1.807, 2.05) is 0 Å². The Morgan fingerprint density at radius 3 is 2.17 bits per heavy atom. The second kappa shape index (κ2) is 4.80. The van der Waals surface area contributed by atoms with Crippen LogP contribution in [-0.2, 0) is 9.47 Å². The minimum absolute atomic E-state index is 0.307. The first-order valence-corrected chi connectivity index (χ1v) is 4.51. The van der Waals surface area contributed by atoms with Crippen LogP contribution in [0.3, 0.4) is 0 Å². The molecule has 0 spiro atoms. The molecule has 0 heterocycles. The highest BCUT2D eigenvalue weighted by Gasteiger charge is 2.25. The van der Waals surface area contributed by atoms with Gasteiger partial charge in [-0.2, -0.15) is 0 Å². The van der Waals surface area contributed by atoms with E-state index in [1.165, 1.54) is 0 Å². The van der Waals surface area contributed by atoms with Crippen LogP contribution in [-0.4, -0.2) is 31.7 Å². The summed E-state index contributed by atoms with van der Waals surface area (Å²) in [5.41, 5.74) is 0. The SMILES string of the molecule is COC1CCC(C(O)OC)CC1. The number of hydrogen-bond donors (Lipinski definition) is 1. The third-order valence-electron chi connectivity index (χ3n) is 2.70. The summed E-state index contributed by atoms with van der Waals surface area (Å²) in [7, 11) is 3.30. The molecule has 0 bridgehead atoms. The molecule has 0 aliphatic heterocycles. The predicted octanol–water partition coefficient (Wildman–Crippen LogP) is 1.16. The quantitative estimate of drug-likeness (QED) is 0.652. The van der Waals surface area contributed by atoms with E-state index in [0.717, 1.165) is 25.7 Å². The third-order valence-corrected chi connectivity index (χ3v) is 2.70. The normalized spacial score (nSPS) is 33.2. The zero-order valence-electron chi connectivity index (χ0n) is 7.82. The van der Waals surface area contributed by atoms with E-state index in [4.69, 9.17) is 9.47 Å². The molecular weight excluding hydrogens is 156 g/mol. The van der Waals surface area contributed by atoms with E-state index in [-0.39, 0.29) is 0 Å². The van der Waals surface area contributed by atoms with Crippen molar-refractivity contribution in [1.29, 1.82) is 0 Å². The Bertz CT molecular complexity index is 119. The molecule has 1 N–H and O–H groups in total. The highest BCUT2D eigenvalue weighted by Crippen LogP contribution is 2.28. The van der Waals surface area contributed by atoms with E-state index in [1.54, 1.807) is 14.2 Å². The van der Waals surface area contributed by atoms with Crippen LogP contribution in [0, 0.1) is 5.92 Å². The topological polar surface area (TPSA) is 38.7 Å². The molecule has 3 nitrogen and oxygen atoms in total. The summed E-state index contributed by atoms with van der Waals surface area (Å²) >= 11 is 0. The molecule has 3 heteroatoms. The summed E-state index contributed by atoms with van der Waals surface area (Å²) in [6.07, 6.45) is 3.91. The van der Waals surface area contributed by atoms with E-state index >= 15 is 0 Å². The van der Waals surface area contributed by atoms with Gasteiger partial charge in [0.1, 0.15) is 0 Å². The molecule has 72 valence electrons. The highest BCUT2D eigenvalue weighted by molar-refractivity contribution is 4.73. The molecule has 0 saturated heterocycles. The summed E-state index contributed by atoms with van der Waals surface area (Å²) in [5.74, 6) is 0.307. The first kappa shape index (κ1) is 9.96. The number of aliphatic hydroxyl groups is 1. The fraction of sp³-hybridized carbons (Fsp3) is 1.00.